The predicted molar refractivity (Wildman–Crippen MR) is 503 cm³/mol. The maximum absolute atomic E-state index is 14.4. The number of nitrogens with zero attached hydrogens (tertiary/aromatic N) is 9. The number of hydrogen-bond acceptors (Lipinski definition) is 9. The van der Waals surface area contributed by atoms with Crippen molar-refractivity contribution in [1.82, 2.24) is 44.0 Å². The van der Waals surface area contributed by atoms with Crippen LogP contribution in [-0.2, 0) is 46.8 Å². The Balaban J connectivity index is 0.000000140. The fraction of sp³-hybridized carbons (Fsp3) is 0.187. The van der Waals surface area contributed by atoms with Crippen molar-refractivity contribution >= 4 is 92.9 Å². The molecule has 11 nitrogen and oxygen atoms in total. The molecule has 0 saturated heterocycles. The van der Waals surface area contributed by atoms with E-state index in [0.717, 1.165) is 135 Å². The molecule has 19 rings (SSSR count). The van der Waals surface area contributed by atoms with Gasteiger partial charge in [-0.1, -0.05) is 304 Å². The summed E-state index contributed by atoms with van der Waals surface area (Å²) in [7, 11) is -3.21. The van der Waals surface area contributed by atoms with E-state index in [0.29, 0.717) is 40.0 Å². The molecule has 0 atom stereocenters. The molecule has 0 aliphatic carbocycles. The molecule has 124 heavy (non-hydrogen) atoms. The molecule has 0 aliphatic rings. The fourth-order valence-electron chi connectivity index (χ4n) is 15.8. The van der Waals surface area contributed by atoms with Gasteiger partial charge in [0.25, 0.3) is 0 Å². The molecule has 0 amide bonds. The molecule has 19 aromatic rings. The molecular weight excluding hydrogens is 1920 g/mol. The van der Waals surface area contributed by atoms with Crippen LogP contribution in [0.4, 0.5) is 8.78 Å². The number of hydrogen-bond donors (Lipinski definition) is 0. The molecule has 0 bridgehead atoms. The summed E-state index contributed by atoms with van der Waals surface area (Å²) < 4.78 is 61.2. The number of aromatic nitrogens is 9. The third-order valence-corrected chi connectivity index (χ3v) is 26.1. The number of rotatable bonds is 16. The van der Waals surface area contributed by atoms with Gasteiger partial charge in [0.2, 0.25) is 11.4 Å². The minimum Gasteiger partial charge on any atom is -0.459 e. The molecule has 10 aromatic carbocycles. The van der Waals surface area contributed by atoms with E-state index < -0.39 is 27.9 Å². The molecule has 0 N–H and O–H groups in total. The first-order chi connectivity index (χ1) is 59.4. The molecule has 9 aromatic heterocycles. The van der Waals surface area contributed by atoms with Crippen LogP contribution >= 0.6 is 0 Å². The van der Waals surface area contributed by atoms with Crippen molar-refractivity contribution in [2.45, 2.75) is 132 Å². The van der Waals surface area contributed by atoms with Crippen LogP contribution in [0.25, 0.3) is 151 Å². The van der Waals surface area contributed by atoms with Gasteiger partial charge in [-0.3, -0.25) is 18.7 Å². The summed E-state index contributed by atoms with van der Waals surface area (Å²) in [5.74, 6) is 0.369. The van der Waals surface area contributed by atoms with Gasteiger partial charge in [-0.25, -0.2) is 9.97 Å². The van der Waals surface area contributed by atoms with Crippen molar-refractivity contribution < 1.29 is 60.6 Å². The van der Waals surface area contributed by atoms with Crippen LogP contribution in [0.1, 0.15) is 115 Å². The summed E-state index contributed by atoms with van der Waals surface area (Å²) in [5.41, 5.74) is 25.8. The van der Waals surface area contributed by atoms with Gasteiger partial charge in [0, 0.05) is 107 Å². The van der Waals surface area contributed by atoms with E-state index >= 15 is 0 Å². The van der Waals surface area contributed by atoms with Crippen LogP contribution in [0.2, 0.25) is 39.3 Å². The summed E-state index contributed by atoms with van der Waals surface area (Å²) in [6.45, 7) is 33.0. The number of benzene rings is 10. The fourth-order valence-corrected chi connectivity index (χ4v) is 19.0. The number of aryl methyl sites for hydroxylation is 1. The van der Waals surface area contributed by atoms with Crippen LogP contribution < -0.4 is 10.4 Å². The Morgan fingerprint density at radius 1 is 0.444 bits per heavy atom. The maximum Gasteiger partial charge on any atom is 0.217 e. The van der Waals surface area contributed by atoms with Gasteiger partial charge in [-0.05, 0) is 140 Å². The van der Waals surface area contributed by atoms with Crippen molar-refractivity contribution in [3.8, 4) is 84.5 Å². The predicted octanol–water partition coefficient (Wildman–Crippen LogP) is 27.3. The van der Waals surface area contributed by atoms with Crippen molar-refractivity contribution in [1.29, 1.82) is 0 Å². The number of para-hydroxylation sites is 5. The van der Waals surface area contributed by atoms with Crippen molar-refractivity contribution in [2.24, 2.45) is 0 Å². The number of imidazole rings is 2. The normalized spacial score (nSPS) is 12.0. The van der Waals surface area contributed by atoms with Gasteiger partial charge < -0.3 is 32.9 Å². The number of furan rings is 2. The van der Waals surface area contributed by atoms with E-state index in [9.17, 15) is 8.78 Å². The van der Waals surface area contributed by atoms with Crippen molar-refractivity contribution in [3.63, 3.8) is 0 Å². The standard InChI is InChI=1S/C38H34N3O.C29H17N4O.C23H25FNSi.C17H21FNSi.2Ir/c1-23(2)31-19-28(26-11-7-6-8-12-26)20-32(24(3)4)33(31)22-41-35-14-10-9-13-34(35)40-37(41)27-16-18-29-30-17-15-25(5)39-38(30)42-36(29)21-27;1-3-9-19(10-4-1)23-16-15-22-27-26(34-29(22)32-23)17-20(18-30-27)28-31-24-13-7-8-14-25(24)33(28)21-11-5-2-6-12-21;1-16(2)19-14-22(25-15-23(19)26(3,4)5)18-11-12-21(24)20(13-18)17-9-7-6-8-10-17;1-12(2)15-10-16(13-6-8-14(18)9-7-13)19-11-17(15)20(3,4)5;;/h6-20,23-24H,22H2,1-5H3;1-17H;6-10,12-16H,1-5H3;6,8-12H,1-5H3;;/q4*-1;;/i;;16D;12D;;. The third kappa shape index (κ3) is 18.9. The molecule has 0 unspecified atom stereocenters. The van der Waals surface area contributed by atoms with E-state index in [2.05, 4.69) is 224 Å². The Morgan fingerprint density at radius 3 is 1.56 bits per heavy atom. The smallest absolute Gasteiger partial charge is 0.217 e. The van der Waals surface area contributed by atoms with Crippen LogP contribution in [0.15, 0.2) is 288 Å². The minimum atomic E-state index is -1.64. The second kappa shape index (κ2) is 37.7. The Labute approximate surface area is 756 Å². The van der Waals surface area contributed by atoms with Gasteiger partial charge >= 0.3 is 0 Å². The zero-order chi connectivity index (χ0) is 87.1. The van der Waals surface area contributed by atoms with Gasteiger partial charge in [0.1, 0.15) is 0 Å². The number of halogens is 2. The molecular formula is C107H97F2Ir2N9O2Si2-4. The molecule has 9 heterocycles. The maximum atomic E-state index is 14.4. The minimum absolute atomic E-state index is 0. The Hall–Kier alpha value is -11.9. The van der Waals surface area contributed by atoms with E-state index in [-0.39, 0.29) is 51.8 Å². The molecule has 626 valence electrons. The van der Waals surface area contributed by atoms with E-state index in [1.165, 1.54) is 56.4 Å². The van der Waals surface area contributed by atoms with Crippen LogP contribution in [-0.4, -0.2) is 60.2 Å². The monoisotopic (exact) mass is 2020 g/mol. The SMILES string of the molecule is Cc1ccc2c(n1)oc1[c-]c(-c3nc4ccccc4n3Cc3c(C(C)C)cc(-c4ccccc4)cc3C(C)C)ccc12.[2H]C(C)(C)c1cc(-c2[c-]cc(F)c(-c3ccccc3)c2)ncc1[Si](C)(C)C.[2H]C(C)(C)c1cc(-c2[c-]cc(F)cc2)ncc1[Si](C)(C)C.[Ir].[Ir].[c-]1nc2c(cc1-c1nc3ccccc3n1-c1ccccc1)oc1nc(-c3ccccc3)ccc12. The average molecular weight is 2020 g/mol. The molecule has 0 aliphatic heterocycles. The number of fused-ring (bicyclic) bond motifs is 8. The topological polar surface area (TPSA) is 126 Å². The van der Waals surface area contributed by atoms with E-state index in [1.807, 2.05) is 180 Å². The zero-order valence-corrected chi connectivity index (χ0v) is 79.0. The Morgan fingerprint density at radius 2 is 0.968 bits per heavy atom. The third-order valence-electron chi connectivity index (χ3n) is 22.1. The van der Waals surface area contributed by atoms with Crippen LogP contribution in [0.5, 0.6) is 0 Å². The van der Waals surface area contributed by atoms with Gasteiger partial charge in [-0.15, -0.1) is 71.3 Å². The first-order valence-electron chi connectivity index (χ1n) is 42.5. The Bertz CT molecular complexity index is 7090. The number of pyridine rings is 5. The van der Waals surface area contributed by atoms with E-state index in [4.69, 9.17) is 26.5 Å². The first-order valence-corrected chi connectivity index (χ1v) is 48.5. The van der Waals surface area contributed by atoms with Gasteiger partial charge in [0.15, 0.2) is 0 Å². The summed E-state index contributed by atoms with van der Waals surface area (Å²) >= 11 is 0. The van der Waals surface area contributed by atoms with Gasteiger partial charge in [0.05, 0.1) is 66.7 Å². The van der Waals surface area contributed by atoms with Crippen LogP contribution in [0, 0.1) is 43.0 Å². The largest absolute Gasteiger partial charge is 0.459 e. The first kappa shape index (κ1) is 85.6. The summed E-state index contributed by atoms with van der Waals surface area (Å²) in [6.07, 6.45) is 7.00. The van der Waals surface area contributed by atoms with E-state index in [1.54, 1.807) is 12.1 Å². The van der Waals surface area contributed by atoms with Crippen LogP contribution in [0.3, 0.4) is 0 Å². The summed E-state index contributed by atoms with van der Waals surface area (Å²) in [6, 6.07) is 97.0. The molecule has 0 spiro atoms. The Kier molecular flexibility index (Phi) is 26.0. The molecule has 2 radical (unpaired) electrons. The average Bonchev–Trinajstić information content (AvgIpc) is 1.59. The zero-order valence-electron chi connectivity index (χ0n) is 74.2. The second-order valence-corrected chi connectivity index (χ2v) is 44.2. The molecule has 0 saturated carbocycles. The quantitative estimate of drug-likeness (QED) is 0.0686. The molecule has 0 fully saturated rings. The van der Waals surface area contributed by atoms with Crippen molar-refractivity contribution in [3.05, 3.63) is 349 Å². The summed E-state index contributed by atoms with van der Waals surface area (Å²) in [4.78, 5) is 33.2. The van der Waals surface area contributed by atoms with Gasteiger partial charge in [-0.2, -0.15) is 0 Å². The molecule has 17 heteroatoms. The summed E-state index contributed by atoms with van der Waals surface area (Å²) in [5, 5.41) is 5.29. The van der Waals surface area contributed by atoms with Crippen molar-refractivity contribution in [2.75, 3.05) is 0 Å². The second-order valence-electron chi connectivity index (χ2n) is 34.1.